The molecule has 1 unspecified atom stereocenters. The molecule has 1 atom stereocenters. The molecular weight excluding hydrogens is 246 g/mol. The van der Waals surface area contributed by atoms with Crippen LogP contribution in [0.1, 0.15) is 36.8 Å². The molecule has 0 spiro atoms. The van der Waals surface area contributed by atoms with Gasteiger partial charge in [-0.25, -0.2) is 0 Å². The summed E-state index contributed by atoms with van der Waals surface area (Å²) in [6, 6.07) is -0.273. The van der Waals surface area contributed by atoms with Gasteiger partial charge in [0.15, 0.2) is 5.82 Å². The van der Waals surface area contributed by atoms with Gasteiger partial charge in [-0.05, 0) is 13.3 Å². The Labute approximate surface area is 110 Å². The van der Waals surface area contributed by atoms with Crippen molar-refractivity contribution in [3.8, 4) is 0 Å². The van der Waals surface area contributed by atoms with Crippen LogP contribution in [-0.2, 0) is 11.2 Å². The lowest BCUT2D eigenvalue weighted by Crippen LogP contribution is -2.30. The number of carbonyl (C=O) groups is 1. The van der Waals surface area contributed by atoms with Crippen LogP contribution < -0.4 is 5.32 Å². The van der Waals surface area contributed by atoms with Gasteiger partial charge in [0.1, 0.15) is 6.04 Å². The topological polar surface area (TPSA) is 93.8 Å². The van der Waals surface area contributed by atoms with E-state index in [2.05, 4.69) is 25.4 Å². The molecule has 2 heterocycles. The lowest BCUT2D eigenvalue weighted by atomic mass is 10.2. The second kappa shape index (κ2) is 6.03. The lowest BCUT2D eigenvalue weighted by molar-refractivity contribution is -0.121. The molecule has 2 aromatic rings. The van der Waals surface area contributed by atoms with E-state index < -0.39 is 0 Å². The normalized spacial score (nSPS) is 12.1. The zero-order valence-electron chi connectivity index (χ0n) is 10.8. The van der Waals surface area contributed by atoms with E-state index in [-0.39, 0.29) is 18.4 Å². The molecule has 1 N–H and O–H groups in total. The highest BCUT2D eigenvalue weighted by molar-refractivity contribution is 5.78. The number of hydrogen-bond acceptors (Lipinski definition) is 6. The third-order valence-electron chi connectivity index (χ3n) is 2.54. The molecule has 0 aliphatic carbocycles. The van der Waals surface area contributed by atoms with E-state index in [0.717, 1.165) is 0 Å². The molecule has 7 nitrogen and oxygen atoms in total. The quantitative estimate of drug-likeness (QED) is 0.862. The van der Waals surface area contributed by atoms with E-state index in [1.54, 1.807) is 25.5 Å². The summed E-state index contributed by atoms with van der Waals surface area (Å²) < 4.78 is 5.06. The average molecular weight is 261 g/mol. The third kappa shape index (κ3) is 3.57. The van der Waals surface area contributed by atoms with Crippen LogP contribution in [0.2, 0.25) is 0 Å². The number of nitrogens with one attached hydrogen (secondary N) is 1. The van der Waals surface area contributed by atoms with Crippen LogP contribution in [0.5, 0.6) is 0 Å². The molecule has 100 valence electrons. The van der Waals surface area contributed by atoms with E-state index in [4.69, 9.17) is 4.52 Å². The summed E-state index contributed by atoms with van der Waals surface area (Å²) in [6.45, 7) is 3.67. The summed E-state index contributed by atoms with van der Waals surface area (Å²) in [7, 11) is 0. The molecule has 0 fully saturated rings. The Balaban J connectivity index is 1.97. The lowest BCUT2D eigenvalue weighted by Gasteiger charge is -2.12. The highest BCUT2D eigenvalue weighted by atomic mass is 16.5. The molecule has 0 aliphatic rings. The fourth-order valence-corrected chi connectivity index (χ4v) is 1.62. The molecule has 0 radical (unpaired) electrons. The SMILES string of the molecule is CCC(NC(=O)Cc1cnccn1)c1nc(C)no1. The molecule has 19 heavy (non-hydrogen) atoms. The van der Waals surface area contributed by atoms with E-state index in [9.17, 15) is 4.79 Å². The molecule has 2 aromatic heterocycles. The van der Waals surface area contributed by atoms with Crippen molar-refractivity contribution >= 4 is 5.91 Å². The van der Waals surface area contributed by atoms with E-state index in [1.165, 1.54) is 0 Å². The summed E-state index contributed by atoms with van der Waals surface area (Å²) in [5.41, 5.74) is 0.622. The van der Waals surface area contributed by atoms with Gasteiger partial charge in [0.2, 0.25) is 11.8 Å². The van der Waals surface area contributed by atoms with Gasteiger partial charge in [0.05, 0.1) is 12.1 Å². The first-order valence-electron chi connectivity index (χ1n) is 6.03. The average Bonchev–Trinajstić information content (AvgIpc) is 2.83. The van der Waals surface area contributed by atoms with Crippen LogP contribution in [-0.4, -0.2) is 26.0 Å². The fourth-order valence-electron chi connectivity index (χ4n) is 1.62. The maximum atomic E-state index is 11.9. The van der Waals surface area contributed by atoms with Crippen molar-refractivity contribution in [3.05, 3.63) is 36.0 Å². The molecular formula is C12H15N5O2. The zero-order valence-corrected chi connectivity index (χ0v) is 10.8. The van der Waals surface area contributed by atoms with E-state index >= 15 is 0 Å². The van der Waals surface area contributed by atoms with Crippen molar-refractivity contribution in [2.75, 3.05) is 0 Å². The molecule has 7 heteroatoms. The van der Waals surface area contributed by atoms with E-state index in [0.29, 0.717) is 23.8 Å². The standard InChI is InChI=1S/C12H15N5O2/c1-3-10(12-15-8(2)17-19-12)16-11(18)6-9-7-13-4-5-14-9/h4-5,7,10H,3,6H2,1-2H3,(H,16,18). The van der Waals surface area contributed by atoms with Crippen molar-refractivity contribution in [1.29, 1.82) is 0 Å². The molecule has 0 bridgehead atoms. The number of hydrogen-bond donors (Lipinski definition) is 1. The predicted molar refractivity (Wildman–Crippen MR) is 65.9 cm³/mol. The van der Waals surface area contributed by atoms with Gasteiger partial charge >= 0.3 is 0 Å². The summed E-state index contributed by atoms with van der Waals surface area (Å²) in [5.74, 6) is 0.826. The molecule has 0 saturated heterocycles. The Bertz CT molecular complexity index is 540. The molecule has 0 aliphatic heterocycles. The number of aromatic nitrogens is 4. The second-order valence-corrected chi connectivity index (χ2v) is 4.08. The van der Waals surface area contributed by atoms with Gasteiger partial charge in [-0.15, -0.1) is 0 Å². The van der Waals surface area contributed by atoms with Gasteiger partial charge in [0.25, 0.3) is 0 Å². The Morgan fingerprint density at radius 2 is 2.32 bits per heavy atom. The minimum atomic E-state index is -0.273. The fraction of sp³-hybridized carbons (Fsp3) is 0.417. The first kappa shape index (κ1) is 13.1. The van der Waals surface area contributed by atoms with Crippen molar-refractivity contribution < 1.29 is 9.32 Å². The molecule has 0 aromatic carbocycles. The zero-order chi connectivity index (χ0) is 13.7. The number of nitrogens with zero attached hydrogens (tertiary/aromatic N) is 4. The maximum absolute atomic E-state index is 11.9. The Morgan fingerprint density at radius 3 is 2.89 bits per heavy atom. The van der Waals surface area contributed by atoms with Crippen LogP contribution in [0, 0.1) is 6.92 Å². The van der Waals surface area contributed by atoms with Crippen LogP contribution in [0.25, 0.3) is 0 Å². The van der Waals surface area contributed by atoms with Crippen LogP contribution in [0.3, 0.4) is 0 Å². The first-order valence-corrected chi connectivity index (χ1v) is 6.03. The highest BCUT2D eigenvalue weighted by Gasteiger charge is 2.18. The third-order valence-corrected chi connectivity index (χ3v) is 2.54. The number of amides is 1. The minimum Gasteiger partial charge on any atom is -0.344 e. The molecule has 1 amide bonds. The maximum Gasteiger partial charge on any atom is 0.249 e. The van der Waals surface area contributed by atoms with E-state index in [1.807, 2.05) is 6.92 Å². The van der Waals surface area contributed by atoms with Gasteiger partial charge in [-0.3, -0.25) is 14.8 Å². The van der Waals surface area contributed by atoms with Gasteiger partial charge in [-0.1, -0.05) is 12.1 Å². The summed E-state index contributed by atoms with van der Waals surface area (Å²) in [5, 5.41) is 6.56. The van der Waals surface area contributed by atoms with Crippen LogP contribution in [0.15, 0.2) is 23.1 Å². The van der Waals surface area contributed by atoms with Crippen molar-refractivity contribution in [3.63, 3.8) is 0 Å². The molecule has 2 rings (SSSR count). The van der Waals surface area contributed by atoms with Gasteiger partial charge < -0.3 is 9.84 Å². The summed E-state index contributed by atoms with van der Waals surface area (Å²) in [4.78, 5) is 24.0. The number of rotatable bonds is 5. The smallest absolute Gasteiger partial charge is 0.249 e. The highest BCUT2D eigenvalue weighted by Crippen LogP contribution is 2.14. The van der Waals surface area contributed by atoms with Crippen LogP contribution in [0.4, 0.5) is 0 Å². The van der Waals surface area contributed by atoms with Gasteiger partial charge in [-0.2, -0.15) is 4.98 Å². The van der Waals surface area contributed by atoms with Crippen molar-refractivity contribution in [1.82, 2.24) is 25.4 Å². The Kier molecular flexibility index (Phi) is 4.17. The van der Waals surface area contributed by atoms with Crippen LogP contribution >= 0.6 is 0 Å². The monoisotopic (exact) mass is 261 g/mol. The Hall–Kier alpha value is -2.31. The van der Waals surface area contributed by atoms with Crippen molar-refractivity contribution in [2.24, 2.45) is 0 Å². The second-order valence-electron chi connectivity index (χ2n) is 4.08. The van der Waals surface area contributed by atoms with Crippen molar-refractivity contribution in [2.45, 2.75) is 32.7 Å². The Morgan fingerprint density at radius 1 is 1.47 bits per heavy atom. The first-order chi connectivity index (χ1) is 9.19. The number of carbonyl (C=O) groups excluding carboxylic acids is 1. The number of aryl methyl sites for hydroxylation is 1. The summed E-state index contributed by atoms with van der Waals surface area (Å²) in [6.07, 6.45) is 5.54. The summed E-state index contributed by atoms with van der Waals surface area (Å²) >= 11 is 0. The largest absolute Gasteiger partial charge is 0.344 e. The minimum absolute atomic E-state index is 0.150. The van der Waals surface area contributed by atoms with Gasteiger partial charge in [0, 0.05) is 18.6 Å². The predicted octanol–water partition coefficient (Wildman–Crippen LogP) is 0.978. The molecule has 0 saturated carbocycles.